The summed E-state index contributed by atoms with van der Waals surface area (Å²) in [6.45, 7) is 1.77. The van der Waals surface area contributed by atoms with Gasteiger partial charge in [0.2, 0.25) is 0 Å². The molecule has 0 aliphatic heterocycles. The molecule has 1 unspecified atom stereocenters. The summed E-state index contributed by atoms with van der Waals surface area (Å²) in [6.07, 6.45) is 2.97. The highest BCUT2D eigenvalue weighted by Crippen LogP contribution is 2.25. The second-order valence-corrected chi connectivity index (χ2v) is 7.04. The number of aromatic amines is 1. The quantitative estimate of drug-likeness (QED) is 0.569. The van der Waals surface area contributed by atoms with Crippen LogP contribution in [0.3, 0.4) is 0 Å². The fourth-order valence-corrected chi connectivity index (χ4v) is 3.65. The van der Waals surface area contributed by atoms with E-state index >= 15 is 0 Å². The molecule has 1 atom stereocenters. The first-order chi connectivity index (χ1) is 13.1. The van der Waals surface area contributed by atoms with Crippen molar-refractivity contribution in [2.24, 2.45) is 0 Å². The molecule has 0 aliphatic carbocycles. The minimum atomic E-state index is -0.475. The second kappa shape index (κ2) is 7.08. The van der Waals surface area contributed by atoms with Crippen LogP contribution in [-0.4, -0.2) is 25.8 Å². The van der Waals surface area contributed by atoms with Gasteiger partial charge >= 0.3 is 0 Å². The average Bonchev–Trinajstić information content (AvgIpc) is 3.12. The molecule has 3 aromatic heterocycles. The first-order valence-corrected chi connectivity index (χ1v) is 9.09. The van der Waals surface area contributed by atoms with Gasteiger partial charge in [0, 0.05) is 17.0 Å². The van der Waals surface area contributed by atoms with E-state index in [0.717, 1.165) is 10.1 Å². The van der Waals surface area contributed by atoms with Gasteiger partial charge in [-0.2, -0.15) is 0 Å². The minimum Gasteiger partial charge on any atom is -0.342 e. The van der Waals surface area contributed by atoms with Crippen molar-refractivity contribution < 1.29 is 4.79 Å². The number of nitrogens with zero attached hydrogens (tertiary/aromatic N) is 3. The summed E-state index contributed by atoms with van der Waals surface area (Å²) >= 11 is 1.42. The van der Waals surface area contributed by atoms with Gasteiger partial charge in [0.25, 0.3) is 11.5 Å². The van der Waals surface area contributed by atoms with Crippen molar-refractivity contribution in [1.29, 1.82) is 0 Å². The first-order valence-electron chi connectivity index (χ1n) is 8.27. The van der Waals surface area contributed by atoms with Crippen molar-refractivity contribution in [3.05, 3.63) is 76.0 Å². The Labute approximate surface area is 158 Å². The number of amides is 1. The number of H-pyrrole nitrogens is 1. The normalized spacial score (nSPS) is 12.0. The Hall–Kier alpha value is -3.39. The van der Waals surface area contributed by atoms with E-state index in [0.29, 0.717) is 22.1 Å². The van der Waals surface area contributed by atoms with Crippen molar-refractivity contribution in [2.45, 2.75) is 13.0 Å². The number of hydrogen-bond donors (Lipinski definition) is 2. The molecule has 4 aromatic rings. The number of carbonyl (C=O) groups is 1. The molecule has 0 spiro atoms. The van der Waals surface area contributed by atoms with Gasteiger partial charge in [-0.05, 0) is 30.5 Å². The van der Waals surface area contributed by atoms with Gasteiger partial charge in [0.05, 0.1) is 22.3 Å². The van der Waals surface area contributed by atoms with Gasteiger partial charge in [-0.25, -0.2) is 15.0 Å². The summed E-state index contributed by atoms with van der Waals surface area (Å²) in [6, 6.07) is 12.2. The number of carbonyl (C=O) groups excluding carboxylic acids is 1. The van der Waals surface area contributed by atoms with E-state index in [1.165, 1.54) is 23.7 Å². The Balaban J connectivity index is 1.59. The molecule has 1 amide bonds. The van der Waals surface area contributed by atoms with Crippen LogP contribution in [0.15, 0.2) is 59.8 Å². The van der Waals surface area contributed by atoms with Crippen LogP contribution in [0.5, 0.6) is 0 Å². The average molecular weight is 377 g/mol. The lowest BCUT2D eigenvalue weighted by Gasteiger charge is -2.13. The largest absolute Gasteiger partial charge is 0.342 e. The molecule has 1 aromatic carbocycles. The summed E-state index contributed by atoms with van der Waals surface area (Å²) in [5.74, 6) is 0.157. The number of aromatic nitrogens is 4. The van der Waals surface area contributed by atoms with Crippen LogP contribution >= 0.6 is 11.3 Å². The van der Waals surface area contributed by atoms with Crippen molar-refractivity contribution in [3.63, 3.8) is 0 Å². The summed E-state index contributed by atoms with van der Waals surface area (Å²) in [4.78, 5) is 40.3. The lowest BCUT2D eigenvalue weighted by atomic mass is 10.2. The highest BCUT2D eigenvalue weighted by molar-refractivity contribution is 7.20. The van der Waals surface area contributed by atoms with Crippen molar-refractivity contribution >= 4 is 27.3 Å². The number of hydrogen-bond acceptors (Lipinski definition) is 6. The molecule has 4 rings (SSSR count). The van der Waals surface area contributed by atoms with Gasteiger partial charge in [0.1, 0.15) is 12.2 Å². The zero-order valence-corrected chi connectivity index (χ0v) is 15.2. The molecule has 7 nitrogen and oxygen atoms in total. The van der Waals surface area contributed by atoms with Gasteiger partial charge in [0.15, 0.2) is 0 Å². The Kier molecular flexibility index (Phi) is 4.47. The lowest BCUT2D eigenvalue weighted by Crippen LogP contribution is -2.28. The van der Waals surface area contributed by atoms with E-state index in [9.17, 15) is 9.59 Å². The maximum Gasteiger partial charge on any atom is 0.261 e. The molecular formula is C19H15N5O2S. The fourth-order valence-electron chi connectivity index (χ4n) is 2.68. The molecule has 8 heteroatoms. The summed E-state index contributed by atoms with van der Waals surface area (Å²) in [5, 5.41) is 3.91. The van der Waals surface area contributed by atoms with Crippen LogP contribution in [0.2, 0.25) is 0 Å². The van der Waals surface area contributed by atoms with Gasteiger partial charge in [-0.15, -0.1) is 11.3 Å². The maximum absolute atomic E-state index is 12.6. The van der Waals surface area contributed by atoms with Crippen molar-refractivity contribution in [3.8, 4) is 11.4 Å². The number of rotatable bonds is 4. The zero-order valence-electron chi connectivity index (χ0n) is 14.3. The molecule has 2 N–H and O–H groups in total. The molecular weight excluding hydrogens is 362 g/mol. The zero-order chi connectivity index (χ0) is 18.8. The molecule has 0 saturated heterocycles. The predicted octanol–water partition coefficient (Wildman–Crippen LogP) is 2.93. The molecule has 0 fully saturated rings. The maximum atomic E-state index is 12.6. The predicted molar refractivity (Wildman–Crippen MR) is 104 cm³/mol. The number of nitrogens with one attached hydrogen (secondary N) is 2. The molecule has 134 valence electrons. The topological polar surface area (TPSA) is 101 Å². The third-order valence-electron chi connectivity index (χ3n) is 4.01. The smallest absolute Gasteiger partial charge is 0.261 e. The van der Waals surface area contributed by atoms with Gasteiger partial charge in [-0.3, -0.25) is 9.59 Å². The summed E-state index contributed by atoms with van der Waals surface area (Å²) in [5.41, 5.74) is 0.663. The van der Waals surface area contributed by atoms with Gasteiger partial charge < -0.3 is 10.3 Å². The summed E-state index contributed by atoms with van der Waals surface area (Å²) < 4.78 is 1.05. The Morgan fingerprint density at radius 3 is 2.81 bits per heavy atom. The van der Waals surface area contributed by atoms with E-state index in [-0.39, 0.29) is 11.5 Å². The molecule has 0 saturated carbocycles. The molecule has 0 radical (unpaired) electrons. The summed E-state index contributed by atoms with van der Waals surface area (Å²) in [7, 11) is 0. The number of fused-ring (bicyclic) bond motifs is 1. The SMILES string of the molecule is CC(NC(=O)c1cc2ccccc2s1)c1nc(-c2ccncn2)cc(=O)[nH]1. The van der Waals surface area contributed by atoms with Crippen LogP contribution < -0.4 is 10.9 Å². The monoisotopic (exact) mass is 377 g/mol. The Morgan fingerprint density at radius 1 is 1.19 bits per heavy atom. The Morgan fingerprint density at radius 2 is 2.04 bits per heavy atom. The van der Waals surface area contributed by atoms with E-state index < -0.39 is 6.04 Å². The van der Waals surface area contributed by atoms with Crippen LogP contribution in [0.4, 0.5) is 0 Å². The molecule has 3 heterocycles. The standard InChI is InChI=1S/C19H15N5O2S/c1-11(22-19(26)16-8-12-4-2-3-5-15(12)27-16)18-23-14(9-17(25)24-18)13-6-7-20-10-21-13/h2-11H,1H3,(H,22,26)(H,23,24,25). The molecule has 0 aliphatic rings. The third-order valence-corrected chi connectivity index (χ3v) is 5.13. The van der Waals surface area contributed by atoms with Crippen LogP contribution in [0, 0.1) is 0 Å². The van der Waals surface area contributed by atoms with Crippen LogP contribution in [0.1, 0.15) is 28.5 Å². The van der Waals surface area contributed by atoms with Crippen molar-refractivity contribution in [1.82, 2.24) is 25.3 Å². The van der Waals surface area contributed by atoms with Gasteiger partial charge in [-0.1, -0.05) is 18.2 Å². The van der Waals surface area contributed by atoms with E-state index in [4.69, 9.17) is 0 Å². The third kappa shape index (κ3) is 3.61. The Bertz CT molecular complexity index is 1140. The first kappa shape index (κ1) is 17.0. The van der Waals surface area contributed by atoms with E-state index in [2.05, 4.69) is 25.3 Å². The number of benzene rings is 1. The second-order valence-electron chi connectivity index (χ2n) is 5.95. The fraction of sp³-hybridized carbons (Fsp3) is 0.105. The van der Waals surface area contributed by atoms with E-state index in [1.807, 2.05) is 30.3 Å². The number of thiophene rings is 1. The highest BCUT2D eigenvalue weighted by atomic mass is 32.1. The van der Waals surface area contributed by atoms with Crippen LogP contribution in [0.25, 0.3) is 21.5 Å². The highest BCUT2D eigenvalue weighted by Gasteiger charge is 2.17. The molecule has 0 bridgehead atoms. The minimum absolute atomic E-state index is 0.209. The van der Waals surface area contributed by atoms with Crippen molar-refractivity contribution in [2.75, 3.05) is 0 Å². The van der Waals surface area contributed by atoms with Crippen LogP contribution in [-0.2, 0) is 0 Å². The van der Waals surface area contributed by atoms with E-state index in [1.54, 1.807) is 19.2 Å². The lowest BCUT2D eigenvalue weighted by molar-refractivity contribution is 0.0942. The molecule has 27 heavy (non-hydrogen) atoms.